The Balaban J connectivity index is 1.59. The van der Waals surface area contributed by atoms with E-state index in [4.69, 9.17) is 4.74 Å². The number of methoxy groups -OCH3 is 1. The number of pyridine rings is 1. The molecule has 1 aliphatic rings. The Morgan fingerprint density at radius 1 is 1.34 bits per heavy atom. The van der Waals surface area contributed by atoms with E-state index < -0.39 is 6.43 Å². The average molecular weight is 400 g/mol. The molecule has 0 aliphatic heterocycles. The normalized spacial score (nSPS) is 17.2. The minimum atomic E-state index is -2.71. The number of ether oxygens (including phenoxy) is 1. The smallest absolute Gasteiger partial charge is 0.280 e. The minimum Gasteiger partial charge on any atom is -0.481 e. The molecule has 4 rings (SSSR count). The number of amides is 1. The minimum absolute atomic E-state index is 0.107. The molecule has 3 heterocycles. The highest BCUT2D eigenvalue weighted by molar-refractivity contribution is 5.95. The van der Waals surface area contributed by atoms with E-state index in [2.05, 4.69) is 20.1 Å². The lowest BCUT2D eigenvalue weighted by Crippen LogP contribution is -2.29. The number of halogens is 2. The van der Waals surface area contributed by atoms with E-state index in [0.717, 1.165) is 5.57 Å². The van der Waals surface area contributed by atoms with Gasteiger partial charge < -0.3 is 9.64 Å². The summed E-state index contributed by atoms with van der Waals surface area (Å²) >= 11 is 0. The van der Waals surface area contributed by atoms with Gasteiger partial charge in [-0.3, -0.25) is 4.79 Å². The van der Waals surface area contributed by atoms with Crippen LogP contribution >= 0.6 is 0 Å². The van der Waals surface area contributed by atoms with Crippen LogP contribution in [0.15, 0.2) is 30.1 Å². The zero-order valence-electron chi connectivity index (χ0n) is 16.0. The molecule has 0 spiro atoms. The van der Waals surface area contributed by atoms with Gasteiger partial charge in [0.25, 0.3) is 18.1 Å². The first kappa shape index (κ1) is 18.9. The van der Waals surface area contributed by atoms with Crippen LogP contribution < -0.4 is 4.74 Å². The Morgan fingerprint density at radius 2 is 2.14 bits per heavy atom. The number of fused-ring (bicyclic) bond motifs is 1. The number of aryl methyl sites for hydroxylation is 1. The highest BCUT2D eigenvalue weighted by Gasteiger charge is 2.37. The summed E-state index contributed by atoms with van der Waals surface area (Å²) in [4.78, 5) is 26.3. The van der Waals surface area contributed by atoms with Crippen molar-refractivity contribution in [1.82, 2.24) is 29.5 Å². The molecule has 10 heteroatoms. The molecule has 3 aromatic heterocycles. The van der Waals surface area contributed by atoms with Crippen LogP contribution in [0.3, 0.4) is 0 Å². The van der Waals surface area contributed by atoms with Crippen LogP contribution in [0.1, 0.15) is 40.3 Å². The largest absolute Gasteiger partial charge is 0.481 e. The zero-order chi connectivity index (χ0) is 20.7. The third-order valence-corrected chi connectivity index (χ3v) is 4.73. The first-order valence-corrected chi connectivity index (χ1v) is 8.86. The van der Waals surface area contributed by atoms with Gasteiger partial charge in [0.05, 0.1) is 18.8 Å². The number of hydrogen-bond acceptors (Lipinski definition) is 6. The summed E-state index contributed by atoms with van der Waals surface area (Å²) in [5.41, 5.74) is 2.17. The number of alkyl halides is 2. The maximum atomic E-state index is 13.1. The summed E-state index contributed by atoms with van der Waals surface area (Å²) in [5.74, 6) is 0.310. The van der Waals surface area contributed by atoms with Crippen LogP contribution in [-0.2, 0) is 0 Å². The molecule has 1 aliphatic carbocycles. The van der Waals surface area contributed by atoms with Gasteiger partial charge in [0.15, 0.2) is 0 Å². The molecule has 0 N–H and O–H groups in total. The van der Waals surface area contributed by atoms with Crippen molar-refractivity contribution in [2.45, 2.75) is 25.8 Å². The van der Waals surface area contributed by atoms with Crippen LogP contribution in [0.5, 0.6) is 5.88 Å². The number of likely N-dealkylation sites (N-methyl/N-ethyl adjacent to an activating group) is 1. The van der Waals surface area contributed by atoms with Crippen molar-refractivity contribution < 1.29 is 18.3 Å². The summed E-state index contributed by atoms with van der Waals surface area (Å²) in [5, 5.41) is 4.03. The van der Waals surface area contributed by atoms with Gasteiger partial charge in [0.1, 0.15) is 12.0 Å². The van der Waals surface area contributed by atoms with Gasteiger partial charge in [-0.2, -0.15) is 14.6 Å². The number of aromatic nitrogens is 5. The maximum Gasteiger partial charge on any atom is 0.280 e. The molecular formula is C19H18F2N6O2. The van der Waals surface area contributed by atoms with Crippen LogP contribution in [0.25, 0.3) is 11.9 Å². The Bertz CT molecular complexity index is 1130. The molecular weight excluding hydrogens is 382 g/mol. The van der Waals surface area contributed by atoms with Gasteiger partial charge in [-0.25, -0.2) is 18.7 Å². The fourth-order valence-electron chi connectivity index (χ4n) is 3.18. The third-order valence-electron chi connectivity index (χ3n) is 4.73. The Kier molecular flexibility index (Phi) is 4.69. The Hall–Kier alpha value is -3.43. The topological polar surface area (TPSA) is 85.5 Å². The highest BCUT2D eigenvalue weighted by atomic mass is 19.3. The lowest BCUT2D eigenvalue weighted by atomic mass is 10.2. The molecule has 150 valence electrons. The quantitative estimate of drug-likeness (QED) is 0.655. The maximum absolute atomic E-state index is 13.1. The number of nitrogens with zero attached hydrogens (tertiary/aromatic N) is 6. The lowest BCUT2D eigenvalue weighted by molar-refractivity contribution is 0.0789. The van der Waals surface area contributed by atoms with Crippen molar-refractivity contribution >= 4 is 17.8 Å². The standard InChI is InChI=1S/C19H18F2N6O2/c1-10-4-12(7-16(24-10)29-3)18(28)26(2)15-6-11(15)5-13-8-14(17(20)21)25-19-22-9-23-27(13)19/h4-5,7-9,15,17H,6H2,1-3H3/b11-5-/t15-/m0/s1. The number of carbonyl (C=O) groups is 1. The van der Waals surface area contributed by atoms with Gasteiger partial charge in [-0.1, -0.05) is 0 Å². The van der Waals surface area contributed by atoms with E-state index in [1.54, 1.807) is 37.1 Å². The molecule has 0 aromatic carbocycles. The predicted molar refractivity (Wildman–Crippen MR) is 99.7 cm³/mol. The second-order valence-corrected chi connectivity index (χ2v) is 6.77. The molecule has 0 radical (unpaired) electrons. The van der Waals surface area contributed by atoms with Crippen molar-refractivity contribution in [3.05, 3.63) is 52.7 Å². The van der Waals surface area contributed by atoms with E-state index in [-0.39, 0.29) is 23.4 Å². The fourth-order valence-corrected chi connectivity index (χ4v) is 3.18. The SMILES string of the molecule is COc1cc(C(=O)N(C)[C@H]2C/C2=C/c2cc(C(F)F)nc3ncnn23)cc(C)n1. The Labute approximate surface area is 164 Å². The van der Waals surface area contributed by atoms with Crippen LogP contribution in [0.4, 0.5) is 8.78 Å². The van der Waals surface area contributed by atoms with Crippen molar-refractivity contribution in [2.75, 3.05) is 14.2 Å². The molecule has 1 fully saturated rings. The van der Waals surface area contributed by atoms with Crippen LogP contribution in [0, 0.1) is 6.92 Å². The van der Waals surface area contributed by atoms with Gasteiger partial charge in [0, 0.05) is 24.4 Å². The molecule has 29 heavy (non-hydrogen) atoms. The highest BCUT2D eigenvalue weighted by Crippen LogP contribution is 2.37. The van der Waals surface area contributed by atoms with E-state index in [1.165, 1.54) is 24.0 Å². The summed E-state index contributed by atoms with van der Waals surface area (Å²) in [6.45, 7) is 1.79. The summed E-state index contributed by atoms with van der Waals surface area (Å²) in [6, 6.07) is 4.45. The second kappa shape index (κ2) is 7.19. The summed E-state index contributed by atoms with van der Waals surface area (Å²) in [7, 11) is 3.20. The van der Waals surface area contributed by atoms with E-state index in [1.807, 2.05) is 0 Å². The molecule has 0 bridgehead atoms. The first-order valence-electron chi connectivity index (χ1n) is 8.86. The van der Waals surface area contributed by atoms with Crippen molar-refractivity contribution in [3.8, 4) is 5.88 Å². The second-order valence-electron chi connectivity index (χ2n) is 6.77. The van der Waals surface area contributed by atoms with E-state index in [0.29, 0.717) is 29.3 Å². The van der Waals surface area contributed by atoms with Gasteiger partial charge in [0.2, 0.25) is 5.88 Å². The lowest BCUT2D eigenvalue weighted by Gasteiger charge is -2.16. The number of hydrogen-bond donors (Lipinski definition) is 0. The van der Waals surface area contributed by atoms with E-state index in [9.17, 15) is 13.6 Å². The molecule has 0 saturated heterocycles. The average Bonchev–Trinajstić information content (AvgIpc) is 3.29. The molecule has 0 unspecified atom stereocenters. The monoisotopic (exact) mass is 400 g/mol. The zero-order valence-corrected chi connectivity index (χ0v) is 16.0. The van der Waals surface area contributed by atoms with Crippen LogP contribution in [-0.4, -0.2) is 55.6 Å². The summed E-state index contributed by atoms with van der Waals surface area (Å²) in [6.07, 6.45) is 0.949. The number of carbonyl (C=O) groups excluding carboxylic acids is 1. The molecule has 3 aromatic rings. The first-order chi connectivity index (χ1) is 13.9. The van der Waals surface area contributed by atoms with E-state index >= 15 is 0 Å². The predicted octanol–water partition coefficient (Wildman–Crippen LogP) is 2.70. The van der Waals surface area contributed by atoms with Gasteiger partial charge in [-0.15, -0.1) is 0 Å². The molecule has 1 atom stereocenters. The fraction of sp³-hybridized carbons (Fsp3) is 0.316. The van der Waals surface area contributed by atoms with Crippen LogP contribution in [0.2, 0.25) is 0 Å². The molecule has 1 saturated carbocycles. The van der Waals surface area contributed by atoms with Crippen molar-refractivity contribution in [2.24, 2.45) is 0 Å². The number of rotatable bonds is 5. The Morgan fingerprint density at radius 3 is 2.86 bits per heavy atom. The van der Waals surface area contributed by atoms with Gasteiger partial charge >= 0.3 is 0 Å². The van der Waals surface area contributed by atoms with Crippen molar-refractivity contribution in [1.29, 1.82) is 0 Å². The van der Waals surface area contributed by atoms with Gasteiger partial charge in [-0.05, 0) is 37.1 Å². The third kappa shape index (κ3) is 3.65. The molecule has 1 amide bonds. The van der Waals surface area contributed by atoms with Crippen molar-refractivity contribution in [3.63, 3.8) is 0 Å². The summed E-state index contributed by atoms with van der Waals surface area (Å²) < 4.78 is 32.8. The molecule has 8 nitrogen and oxygen atoms in total.